The minimum absolute atomic E-state index is 0.0587. The number of nitrogens with zero attached hydrogens (tertiary/aromatic N) is 2. The van der Waals surface area contributed by atoms with Crippen LogP contribution in [-0.4, -0.2) is 47.1 Å². The number of ether oxygens (including phenoxy) is 2. The van der Waals surface area contributed by atoms with Gasteiger partial charge in [0.1, 0.15) is 10.8 Å². The fourth-order valence-electron chi connectivity index (χ4n) is 4.49. The molecule has 1 aromatic carbocycles. The van der Waals surface area contributed by atoms with E-state index in [0.29, 0.717) is 34.4 Å². The van der Waals surface area contributed by atoms with Crippen LogP contribution < -0.4 is 14.9 Å². The summed E-state index contributed by atoms with van der Waals surface area (Å²) in [7, 11) is 0. The molecule has 0 saturated carbocycles. The van der Waals surface area contributed by atoms with Crippen LogP contribution in [0.15, 0.2) is 35.8 Å². The molecule has 8 nitrogen and oxygen atoms in total. The normalized spacial score (nSPS) is 15.2. The van der Waals surface area contributed by atoms with Crippen molar-refractivity contribution in [3.63, 3.8) is 0 Å². The van der Waals surface area contributed by atoms with Crippen LogP contribution >= 0.6 is 34.4 Å². The van der Waals surface area contributed by atoms with E-state index in [4.69, 9.17) is 9.47 Å². The number of anilines is 1. The van der Waals surface area contributed by atoms with E-state index >= 15 is 0 Å². The number of carbonyl (C=O) groups is 3. The van der Waals surface area contributed by atoms with E-state index in [1.165, 1.54) is 34.4 Å². The van der Waals surface area contributed by atoms with Crippen LogP contribution in [-0.2, 0) is 33.7 Å². The van der Waals surface area contributed by atoms with E-state index in [1.54, 1.807) is 13.0 Å². The molecule has 2 amide bonds. The first kappa shape index (κ1) is 29.1. The van der Waals surface area contributed by atoms with Crippen molar-refractivity contribution in [2.75, 3.05) is 30.0 Å². The number of esters is 1. The number of aromatic nitrogens is 1. The van der Waals surface area contributed by atoms with Gasteiger partial charge in [0, 0.05) is 11.4 Å². The molecular weight excluding hydrogens is 555 g/mol. The van der Waals surface area contributed by atoms with Gasteiger partial charge in [-0.1, -0.05) is 24.3 Å². The number of thiophene rings is 1. The maximum Gasteiger partial charge on any atom is 0.341 e. The number of fused-ring (bicyclic) bond motifs is 2. The van der Waals surface area contributed by atoms with Crippen molar-refractivity contribution < 1.29 is 23.9 Å². The lowest BCUT2D eigenvalue weighted by molar-refractivity contribution is -0.115. The molecule has 0 saturated heterocycles. The zero-order valence-electron chi connectivity index (χ0n) is 22.4. The summed E-state index contributed by atoms with van der Waals surface area (Å²) in [5.41, 5.74) is 2.43. The molecule has 39 heavy (non-hydrogen) atoms. The number of hydrogen-bond acceptors (Lipinski definition) is 8. The monoisotopic (exact) mass is 587 g/mol. The van der Waals surface area contributed by atoms with Gasteiger partial charge in [-0.2, -0.15) is 4.99 Å². The van der Waals surface area contributed by atoms with Gasteiger partial charge in [0.25, 0.3) is 5.91 Å². The molecule has 2 heterocycles. The van der Waals surface area contributed by atoms with Crippen LogP contribution in [0.2, 0.25) is 0 Å². The van der Waals surface area contributed by atoms with E-state index in [2.05, 4.69) is 23.8 Å². The summed E-state index contributed by atoms with van der Waals surface area (Å²) in [6, 6.07) is 5.80. The van der Waals surface area contributed by atoms with Gasteiger partial charge in [-0.15, -0.1) is 29.7 Å². The smallest absolute Gasteiger partial charge is 0.341 e. The Bertz CT molecular complexity index is 1450. The maximum atomic E-state index is 12.8. The molecule has 11 heteroatoms. The summed E-state index contributed by atoms with van der Waals surface area (Å²) >= 11 is 4.06. The van der Waals surface area contributed by atoms with Crippen molar-refractivity contribution in [1.82, 2.24) is 4.57 Å². The fourth-order valence-corrected chi connectivity index (χ4v) is 7.59. The van der Waals surface area contributed by atoms with E-state index in [9.17, 15) is 14.4 Å². The number of benzene rings is 1. The van der Waals surface area contributed by atoms with Crippen molar-refractivity contribution in [2.24, 2.45) is 10.9 Å². The lowest BCUT2D eigenvalue weighted by Crippen LogP contribution is -2.19. The summed E-state index contributed by atoms with van der Waals surface area (Å²) in [6.07, 6.45) is 4.46. The predicted octanol–water partition coefficient (Wildman–Crippen LogP) is 5.45. The second-order valence-electron chi connectivity index (χ2n) is 9.17. The van der Waals surface area contributed by atoms with Gasteiger partial charge in [0.05, 0.1) is 40.5 Å². The van der Waals surface area contributed by atoms with Crippen molar-refractivity contribution in [3.8, 4) is 5.75 Å². The first-order valence-corrected chi connectivity index (χ1v) is 15.8. The highest BCUT2D eigenvalue weighted by molar-refractivity contribution is 8.00. The number of amides is 2. The number of thiazole rings is 1. The first-order chi connectivity index (χ1) is 18.8. The molecule has 0 radical (unpaired) electrons. The van der Waals surface area contributed by atoms with Crippen molar-refractivity contribution in [2.45, 2.75) is 46.6 Å². The van der Waals surface area contributed by atoms with Gasteiger partial charge in [-0.05, 0) is 62.8 Å². The number of rotatable bonds is 11. The Balaban J connectivity index is 1.42. The van der Waals surface area contributed by atoms with Crippen LogP contribution in [0.1, 0.15) is 48.0 Å². The SMILES string of the molecule is C=CCn1c(=NC(=O)CSCC(=O)Nc2sc3c(c2C(=O)OCC)CCC(C)C3)sc2cc(OCC)ccc21. The Labute approximate surface area is 240 Å². The second kappa shape index (κ2) is 13.5. The lowest BCUT2D eigenvalue weighted by Gasteiger charge is -2.18. The van der Waals surface area contributed by atoms with Crippen molar-refractivity contribution in [1.29, 1.82) is 0 Å². The zero-order valence-corrected chi connectivity index (χ0v) is 24.9. The average Bonchev–Trinajstić information content (AvgIpc) is 3.41. The van der Waals surface area contributed by atoms with E-state index in [-0.39, 0.29) is 29.9 Å². The molecule has 0 spiro atoms. The summed E-state index contributed by atoms with van der Waals surface area (Å²) in [4.78, 5) is 44.2. The number of thioether (sulfide) groups is 1. The highest BCUT2D eigenvalue weighted by Gasteiger charge is 2.29. The Morgan fingerprint density at radius 1 is 1.23 bits per heavy atom. The number of allylic oxidation sites excluding steroid dienone is 1. The summed E-state index contributed by atoms with van der Waals surface area (Å²) in [5, 5.41) is 3.43. The number of carbonyl (C=O) groups excluding carboxylic acids is 3. The molecule has 0 aliphatic heterocycles. The molecule has 0 bridgehead atoms. The largest absolute Gasteiger partial charge is 0.494 e. The third-order valence-electron chi connectivity index (χ3n) is 6.20. The highest BCUT2D eigenvalue weighted by Crippen LogP contribution is 2.40. The van der Waals surface area contributed by atoms with Gasteiger partial charge in [0.15, 0.2) is 4.80 Å². The van der Waals surface area contributed by atoms with E-state index in [1.807, 2.05) is 29.7 Å². The Morgan fingerprint density at radius 3 is 2.79 bits per heavy atom. The zero-order chi connectivity index (χ0) is 27.9. The summed E-state index contributed by atoms with van der Waals surface area (Å²) in [5.74, 6) is 0.446. The van der Waals surface area contributed by atoms with Crippen LogP contribution in [0.25, 0.3) is 10.2 Å². The third-order valence-corrected chi connectivity index (χ3v) is 9.33. The summed E-state index contributed by atoms with van der Waals surface area (Å²) < 4.78 is 13.8. The minimum Gasteiger partial charge on any atom is -0.494 e. The number of nitrogens with one attached hydrogen (secondary N) is 1. The standard InChI is InChI=1S/C28H33N3O5S3/c1-5-12-31-20-11-9-18(35-6-2)14-22(20)39-28(31)30-24(33)16-37-15-23(32)29-26-25(27(34)36-7-3)19-10-8-17(4)13-21(19)38-26/h5,9,11,14,17H,1,6-8,10,12-13,15-16H2,2-4H3,(H,29,32). The van der Waals surface area contributed by atoms with Crippen LogP contribution in [0.5, 0.6) is 5.75 Å². The van der Waals surface area contributed by atoms with E-state index < -0.39 is 5.97 Å². The third kappa shape index (κ3) is 7.01. The van der Waals surface area contributed by atoms with Crippen LogP contribution in [0, 0.1) is 5.92 Å². The van der Waals surface area contributed by atoms with Crippen molar-refractivity contribution in [3.05, 3.63) is 51.7 Å². The molecule has 0 fully saturated rings. The Kier molecular flexibility index (Phi) is 10.0. The van der Waals surface area contributed by atoms with Gasteiger partial charge >= 0.3 is 5.97 Å². The lowest BCUT2D eigenvalue weighted by atomic mass is 9.88. The number of hydrogen-bond donors (Lipinski definition) is 1. The van der Waals surface area contributed by atoms with Gasteiger partial charge in [-0.3, -0.25) is 9.59 Å². The summed E-state index contributed by atoms with van der Waals surface area (Å²) in [6.45, 7) is 11.1. The predicted molar refractivity (Wildman–Crippen MR) is 159 cm³/mol. The quantitative estimate of drug-likeness (QED) is 0.237. The topological polar surface area (TPSA) is 99.0 Å². The molecular formula is C28H33N3O5S3. The maximum absolute atomic E-state index is 12.8. The molecule has 208 valence electrons. The van der Waals surface area contributed by atoms with Crippen molar-refractivity contribution >= 4 is 67.4 Å². The first-order valence-electron chi connectivity index (χ1n) is 13.0. The minimum atomic E-state index is -0.397. The molecule has 2 aromatic heterocycles. The molecule has 1 unspecified atom stereocenters. The van der Waals surface area contributed by atoms with Crippen LogP contribution in [0.3, 0.4) is 0 Å². The molecule has 1 aliphatic rings. The molecule has 1 aliphatic carbocycles. The average molecular weight is 588 g/mol. The van der Waals surface area contributed by atoms with Gasteiger partial charge in [0.2, 0.25) is 5.91 Å². The van der Waals surface area contributed by atoms with Crippen LogP contribution in [0.4, 0.5) is 5.00 Å². The fraction of sp³-hybridized carbons (Fsp3) is 0.429. The molecule has 1 N–H and O–H groups in total. The molecule has 4 rings (SSSR count). The van der Waals surface area contributed by atoms with Gasteiger partial charge < -0.3 is 19.4 Å². The Morgan fingerprint density at radius 2 is 2.05 bits per heavy atom. The highest BCUT2D eigenvalue weighted by atomic mass is 32.2. The molecule has 3 aromatic rings. The molecule has 1 atom stereocenters. The van der Waals surface area contributed by atoms with Gasteiger partial charge in [-0.25, -0.2) is 4.79 Å². The second-order valence-corrected chi connectivity index (χ2v) is 12.3. The van der Waals surface area contributed by atoms with E-state index in [0.717, 1.165) is 45.7 Å². The Hall–Kier alpha value is -2.89.